The van der Waals surface area contributed by atoms with Crippen molar-refractivity contribution >= 4 is 30.4 Å². The third kappa shape index (κ3) is 6.11. The van der Waals surface area contributed by atoms with Gasteiger partial charge in [0.1, 0.15) is 0 Å². The Labute approximate surface area is 60.0 Å². The fourth-order valence-corrected chi connectivity index (χ4v) is 0.418. The molecule has 0 bridgehead atoms. The first-order chi connectivity index (χ1) is 3.63. The topological polar surface area (TPSA) is 17.1 Å². The van der Waals surface area contributed by atoms with E-state index in [0.29, 0.717) is 6.42 Å². The fraction of sp³-hybridized carbons (Fsp3) is 0.400. The first-order valence-electron chi connectivity index (χ1n) is 2.20. The van der Waals surface area contributed by atoms with Gasteiger partial charge in [0.2, 0.25) is 0 Å². The van der Waals surface area contributed by atoms with Gasteiger partial charge in [-0.1, -0.05) is 6.08 Å². The summed E-state index contributed by atoms with van der Waals surface area (Å²) in [7, 11) is 0. The molecule has 0 heterocycles. The molecule has 46 valence electrons. The van der Waals surface area contributed by atoms with Crippen LogP contribution in [0.3, 0.4) is 0 Å². The van der Waals surface area contributed by atoms with Gasteiger partial charge in [0.05, 0.1) is 0 Å². The molecule has 0 aliphatic heterocycles. The van der Waals surface area contributed by atoms with Crippen molar-refractivity contribution in [1.29, 1.82) is 0 Å². The summed E-state index contributed by atoms with van der Waals surface area (Å²) in [5.74, 6) is 0. The molecule has 0 aliphatic rings. The molecule has 0 spiro atoms. The predicted octanol–water partition coefficient (Wildman–Crippen LogP) is 1.67. The molecule has 3 heteroatoms. The minimum atomic E-state index is -0.126. The van der Waals surface area contributed by atoms with Gasteiger partial charge in [0, 0.05) is 6.42 Å². The van der Waals surface area contributed by atoms with Crippen molar-refractivity contribution in [3.05, 3.63) is 11.0 Å². The lowest BCUT2D eigenvalue weighted by atomic mass is 10.4. The third-order valence-electron chi connectivity index (χ3n) is 0.572. The largest absolute Gasteiger partial charge is 0.287 e. The van der Waals surface area contributed by atoms with Crippen LogP contribution in [-0.4, -0.2) is 5.12 Å². The smallest absolute Gasteiger partial charge is 0.189 e. The maximum Gasteiger partial charge on any atom is 0.189 e. The lowest BCUT2D eigenvalue weighted by Gasteiger charge is -1.84. The van der Waals surface area contributed by atoms with Crippen LogP contribution < -0.4 is 0 Å². The molecule has 0 aliphatic carbocycles. The van der Waals surface area contributed by atoms with Crippen molar-refractivity contribution in [2.45, 2.75) is 13.3 Å². The number of carbonyl (C=O) groups is 1. The van der Waals surface area contributed by atoms with Crippen molar-refractivity contribution in [1.82, 2.24) is 0 Å². The molecule has 8 heavy (non-hydrogen) atoms. The van der Waals surface area contributed by atoms with Crippen LogP contribution in [0.4, 0.5) is 0 Å². The summed E-state index contributed by atoms with van der Waals surface area (Å²) in [4.78, 5) is 11.0. The molecular weight excluding hydrogens is 140 g/mol. The summed E-state index contributed by atoms with van der Waals surface area (Å²) in [6.07, 6.45) is 2.09. The zero-order chi connectivity index (χ0) is 6.57. The third-order valence-corrected chi connectivity index (χ3v) is 0.937. The highest BCUT2D eigenvalue weighted by Gasteiger charge is 1.86. The highest BCUT2D eigenvalue weighted by molar-refractivity contribution is 7.96. The summed E-state index contributed by atoms with van der Waals surface area (Å²) < 4.78 is 0. The van der Waals surface area contributed by atoms with Crippen LogP contribution in [0.15, 0.2) is 11.0 Å². The molecule has 0 aromatic rings. The molecule has 0 saturated heterocycles. The summed E-state index contributed by atoms with van der Waals surface area (Å²) in [6, 6.07) is 0. The number of hydrogen-bond acceptors (Lipinski definition) is 2. The second-order valence-electron chi connectivity index (χ2n) is 1.44. The molecule has 0 aromatic heterocycles. The van der Waals surface area contributed by atoms with Crippen molar-refractivity contribution in [2.24, 2.45) is 0 Å². The predicted molar refractivity (Wildman–Crippen MR) is 41.4 cm³/mol. The highest BCUT2D eigenvalue weighted by atomic mass is 32.1. The molecule has 1 nitrogen and oxygen atoms in total. The number of thiol groups is 2. The minimum absolute atomic E-state index is 0.126. The average Bonchev–Trinajstić information content (AvgIpc) is 1.61. The lowest BCUT2D eigenvalue weighted by Crippen LogP contribution is -1.79. The zero-order valence-electron chi connectivity index (χ0n) is 4.59. The second kappa shape index (κ2) is 4.04. The Bertz CT molecular complexity index is 114. The number of allylic oxidation sites excluding steroid dienone is 2. The Kier molecular flexibility index (Phi) is 4.09. The number of rotatable bonds is 2. The van der Waals surface area contributed by atoms with Gasteiger partial charge in [-0.2, -0.15) is 0 Å². The van der Waals surface area contributed by atoms with Crippen LogP contribution in [0.1, 0.15) is 13.3 Å². The molecular formula is C5H8OS2. The normalized spacial score (nSPS) is 11.6. The van der Waals surface area contributed by atoms with Gasteiger partial charge in [0.15, 0.2) is 5.12 Å². The van der Waals surface area contributed by atoms with E-state index in [1.54, 1.807) is 6.08 Å². The molecule has 0 unspecified atom stereocenters. The van der Waals surface area contributed by atoms with Gasteiger partial charge in [-0.3, -0.25) is 4.79 Å². The van der Waals surface area contributed by atoms with Crippen LogP contribution >= 0.6 is 25.3 Å². The Morgan fingerprint density at radius 3 is 2.25 bits per heavy atom. The lowest BCUT2D eigenvalue weighted by molar-refractivity contribution is -0.110. The van der Waals surface area contributed by atoms with Gasteiger partial charge in [-0.25, -0.2) is 0 Å². The summed E-state index contributed by atoms with van der Waals surface area (Å²) in [5.41, 5.74) is 0. The maximum atomic E-state index is 10.1. The van der Waals surface area contributed by atoms with Gasteiger partial charge in [-0.15, -0.1) is 25.3 Å². The molecule has 0 aromatic carbocycles. The SMILES string of the molecule is C/C(S)=C/CC(=O)S. The van der Waals surface area contributed by atoms with E-state index in [1.165, 1.54) is 0 Å². The Morgan fingerprint density at radius 1 is 1.62 bits per heavy atom. The average molecular weight is 148 g/mol. The summed E-state index contributed by atoms with van der Waals surface area (Å²) in [6.45, 7) is 1.82. The second-order valence-corrected chi connectivity index (χ2v) is 2.65. The van der Waals surface area contributed by atoms with Gasteiger partial charge in [-0.05, 0) is 11.8 Å². The van der Waals surface area contributed by atoms with Crippen LogP contribution in [-0.2, 0) is 4.79 Å². The summed E-state index contributed by atoms with van der Waals surface area (Å²) >= 11 is 7.50. The molecule has 0 amide bonds. The van der Waals surface area contributed by atoms with E-state index in [9.17, 15) is 4.79 Å². The Balaban J connectivity index is 3.45. The van der Waals surface area contributed by atoms with Crippen LogP contribution in [0.5, 0.6) is 0 Å². The molecule has 0 saturated carbocycles. The molecule has 0 atom stereocenters. The van der Waals surface area contributed by atoms with Crippen molar-refractivity contribution in [3.63, 3.8) is 0 Å². The first-order valence-corrected chi connectivity index (χ1v) is 3.10. The van der Waals surface area contributed by atoms with E-state index in [-0.39, 0.29) is 5.12 Å². The van der Waals surface area contributed by atoms with E-state index in [1.807, 2.05) is 6.92 Å². The minimum Gasteiger partial charge on any atom is -0.287 e. The molecule has 0 rings (SSSR count). The van der Waals surface area contributed by atoms with Crippen LogP contribution in [0, 0.1) is 0 Å². The zero-order valence-corrected chi connectivity index (χ0v) is 6.38. The van der Waals surface area contributed by atoms with Gasteiger partial charge < -0.3 is 0 Å². The molecule has 0 radical (unpaired) electrons. The first kappa shape index (κ1) is 8.11. The van der Waals surface area contributed by atoms with E-state index >= 15 is 0 Å². The van der Waals surface area contributed by atoms with E-state index in [2.05, 4.69) is 25.3 Å². The molecule has 0 N–H and O–H groups in total. The van der Waals surface area contributed by atoms with E-state index < -0.39 is 0 Å². The fourth-order valence-electron chi connectivity index (χ4n) is 0.235. The van der Waals surface area contributed by atoms with E-state index in [0.717, 1.165) is 4.91 Å². The van der Waals surface area contributed by atoms with Crippen LogP contribution in [0.2, 0.25) is 0 Å². The molecule has 0 fully saturated rings. The number of carbonyl (C=O) groups excluding carboxylic acids is 1. The Hall–Kier alpha value is 0.110. The van der Waals surface area contributed by atoms with E-state index in [4.69, 9.17) is 0 Å². The van der Waals surface area contributed by atoms with Crippen molar-refractivity contribution in [3.8, 4) is 0 Å². The summed E-state index contributed by atoms with van der Waals surface area (Å²) in [5, 5.41) is -0.126. The standard InChI is InChI=1S/C5H8OS2/c1-4(7)2-3-5(6)8/h2,7H,3H2,1H3,(H,6,8)/b4-2-. The maximum absolute atomic E-state index is 10.1. The van der Waals surface area contributed by atoms with Gasteiger partial charge >= 0.3 is 0 Å². The van der Waals surface area contributed by atoms with Crippen molar-refractivity contribution in [2.75, 3.05) is 0 Å². The van der Waals surface area contributed by atoms with Gasteiger partial charge in [0.25, 0.3) is 0 Å². The highest BCUT2D eigenvalue weighted by Crippen LogP contribution is 2.00. The van der Waals surface area contributed by atoms with Crippen molar-refractivity contribution < 1.29 is 4.79 Å². The van der Waals surface area contributed by atoms with Crippen LogP contribution in [0.25, 0.3) is 0 Å². The Morgan fingerprint density at radius 2 is 2.12 bits per heavy atom. The number of hydrogen-bond donors (Lipinski definition) is 2. The quantitative estimate of drug-likeness (QED) is 0.570. The monoisotopic (exact) mass is 148 g/mol.